The monoisotopic (exact) mass is 437 g/mol. The van der Waals surface area contributed by atoms with Gasteiger partial charge in [-0.25, -0.2) is 4.98 Å². The van der Waals surface area contributed by atoms with E-state index in [1.807, 2.05) is 37.3 Å². The summed E-state index contributed by atoms with van der Waals surface area (Å²) >= 11 is 1.13. The van der Waals surface area contributed by atoms with Crippen molar-refractivity contribution >= 4 is 40.6 Å². The van der Waals surface area contributed by atoms with E-state index in [-0.39, 0.29) is 5.91 Å². The predicted molar refractivity (Wildman–Crippen MR) is 124 cm³/mol. The molecule has 31 heavy (non-hydrogen) atoms. The van der Waals surface area contributed by atoms with Gasteiger partial charge in [-0.15, -0.1) is 5.10 Å². The highest BCUT2D eigenvalue weighted by Crippen LogP contribution is 2.23. The van der Waals surface area contributed by atoms with Crippen LogP contribution in [0.15, 0.2) is 30.3 Å². The number of amides is 1. The molecule has 162 valence electrons. The van der Waals surface area contributed by atoms with Crippen molar-refractivity contribution in [1.82, 2.24) is 19.6 Å². The largest absolute Gasteiger partial charge is 0.341 e. The third-order valence-corrected chi connectivity index (χ3v) is 5.91. The Hall–Kier alpha value is -3.07. The summed E-state index contributed by atoms with van der Waals surface area (Å²) in [4.78, 5) is 24.7. The molecule has 1 saturated heterocycles. The zero-order valence-electron chi connectivity index (χ0n) is 17.9. The maximum absolute atomic E-state index is 12.6. The van der Waals surface area contributed by atoms with Crippen molar-refractivity contribution in [2.24, 2.45) is 0 Å². The number of carbonyl (C=O) groups excluding carboxylic acids is 1. The van der Waals surface area contributed by atoms with Gasteiger partial charge >= 0.3 is 0 Å². The van der Waals surface area contributed by atoms with Gasteiger partial charge in [0.2, 0.25) is 5.95 Å². The minimum Gasteiger partial charge on any atom is -0.341 e. The fourth-order valence-electron chi connectivity index (χ4n) is 3.61. The summed E-state index contributed by atoms with van der Waals surface area (Å²) in [5.74, 6) is 1.38. The van der Waals surface area contributed by atoms with Crippen molar-refractivity contribution in [1.29, 1.82) is 0 Å². The van der Waals surface area contributed by atoms with E-state index in [0.717, 1.165) is 72.0 Å². The Morgan fingerprint density at radius 3 is 2.58 bits per heavy atom. The van der Waals surface area contributed by atoms with E-state index in [2.05, 4.69) is 37.0 Å². The van der Waals surface area contributed by atoms with Crippen LogP contribution in [-0.2, 0) is 6.42 Å². The highest BCUT2D eigenvalue weighted by Gasteiger charge is 2.16. The Labute approximate surface area is 186 Å². The fraction of sp³-hybridized carbons (Fsp3) is 0.409. The number of carbonyl (C=O) groups is 1. The molecule has 3 aromatic rings. The number of rotatable bonds is 7. The average molecular weight is 438 g/mol. The molecule has 0 bridgehead atoms. The molecule has 1 aliphatic heterocycles. The molecule has 2 aromatic heterocycles. The number of benzene rings is 1. The molecule has 0 aliphatic carbocycles. The Bertz CT molecular complexity index is 1030. The number of nitrogens with one attached hydrogen (secondary N) is 2. The lowest BCUT2D eigenvalue weighted by Gasteiger charge is -2.27. The molecule has 1 aromatic carbocycles. The quantitative estimate of drug-likeness (QED) is 0.559. The molecular formula is C22H27N7OS. The second kappa shape index (κ2) is 9.82. The standard InChI is InChI=1S/C22H27N7OS/c1-3-7-18-20(31-28-27-18)21(30)25-17-10-8-16(9-11-17)24-19-14-15(2)23-22(26-19)29-12-5-4-6-13-29/h8-11,14H,3-7,12-13H2,1-2H3,(H,25,30)(H,23,24,26). The van der Waals surface area contributed by atoms with Gasteiger partial charge < -0.3 is 15.5 Å². The summed E-state index contributed by atoms with van der Waals surface area (Å²) in [6, 6.07) is 9.52. The number of hydrogen-bond donors (Lipinski definition) is 2. The minimum absolute atomic E-state index is 0.170. The first-order chi connectivity index (χ1) is 15.1. The van der Waals surface area contributed by atoms with E-state index in [4.69, 9.17) is 4.98 Å². The van der Waals surface area contributed by atoms with Gasteiger partial charge in [-0.3, -0.25) is 4.79 Å². The Morgan fingerprint density at radius 2 is 1.84 bits per heavy atom. The average Bonchev–Trinajstić information content (AvgIpc) is 3.24. The Balaban J connectivity index is 1.42. The topological polar surface area (TPSA) is 95.9 Å². The first-order valence-corrected chi connectivity index (χ1v) is 11.5. The molecule has 9 heteroatoms. The molecule has 0 unspecified atom stereocenters. The molecule has 8 nitrogen and oxygen atoms in total. The van der Waals surface area contributed by atoms with Crippen LogP contribution >= 0.6 is 11.5 Å². The molecular weight excluding hydrogens is 410 g/mol. The van der Waals surface area contributed by atoms with Crippen molar-refractivity contribution in [2.75, 3.05) is 28.6 Å². The van der Waals surface area contributed by atoms with Crippen LogP contribution in [0.25, 0.3) is 0 Å². The third kappa shape index (κ3) is 5.35. The molecule has 4 rings (SSSR count). The van der Waals surface area contributed by atoms with Crippen LogP contribution < -0.4 is 15.5 Å². The maximum atomic E-state index is 12.6. The molecule has 0 atom stereocenters. The molecule has 2 N–H and O–H groups in total. The summed E-state index contributed by atoms with van der Waals surface area (Å²) in [6.45, 7) is 6.06. The van der Waals surface area contributed by atoms with Gasteiger partial charge in [-0.1, -0.05) is 17.8 Å². The van der Waals surface area contributed by atoms with Crippen molar-refractivity contribution in [3.63, 3.8) is 0 Å². The Morgan fingerprint density at radius 1 is 1.10 bits per heavy atom. The summed E-state index contributed by atoms with van der Waals surface area (Å²) in [5, 5.41) is 10.3. The van der Waals surface area contributed by atoms with Crippen LogP contribution in [0, 0.1) is 6.92 Å². The summed E-state index contributed by atoms with van der Waals surface area (Å²) in [6.07, 6.45) is 5.32. The van der Waals surface area contributed by atoms with E-state index in [9.17, 15) is 4.79 Å². The van der Waals surface area contributed by atoms with Gasteiger partial charge in [0.05, 0.1) is 5.69 Å². The van der Waals surface area contributed by atoms with Gasteiger partial charge in [0.25, 0.3) is 5.91 Å². The van der Waals surface area contributed by atoms with E-state index >= 15 is 0 Å². The highest BCUT2D eigenvalue weighted by atomic mass is 32.1. The van der Waals surface area contributed by atoms with Crippen molar-refractivity contribution < 1.29 is 4.79 Å². The normalized spacial score (nSPS) is 13.8. The number of hydrogen-bond acceptors (Lipinski definition) is 8. The summed E-state index contributed by atoms with van der Waals surface area (Å²) in [7, 11) is 0. The van der Waals surface area contributed by atoms with Crippen LogP contribution in [0.5, 0.6) is 0 Å². The number of aromatic nitrogens is 4. The SMILES string of the molecule is CCCc1nnsc1C(=O)Nc1ccc(Nc2cc(C)nc(N3CCCCC3)n2)cc1. The van der Waals surface area contributed by atoms with Gasteiger partial charge in [0.15, 0.2) is 0 Å². The van der Waals surface area contributed by atoms with Crippen LogP contribution in [0.3, 0.4) is 0 Å². The maximum Gasteiger partial charge on any atom is 0.269 e. The zero-order chi connectivity index (χ0) is 21.6. The highest BCUT2D eigenvalue weighted by molar-refractivity contribution is 7.08. The minimum atomic E-state index is -0.170. The number of nitrogens with zero attached hydrogens (tertiary/aromatic N) is 5. The molecule has 1 amide bonds. The van der Waals surface area contributed by atoms with Crippen molar-refractivity contribution in [3.05, 3.63) is 46.6 Å². The van der Waals surface area contributed by atoms with Gasteiger partial charge in [0.1, 0.15) is 10.7 Å². The number of anilines is 4. The lowest BCUT2D eigenvalue weighted by atomic mass is 10.1. The smallest absolute Gasteiger partial charge is 0.269 e. The van der Waals surface area contributed by atoms with Crippen molar-refractivity contribution in [3.8, 4) is 0 Å². The molecule has 1 aliphatic rings. The zero-order valence-corrected chi connectivity index (χ0v) is 18.7. The first-order valence-electron chi connectivity index (χ1n) is 10.7. The van der Waals surface area contributed by atoms with E-state index in [0.29, 0.717) is 4.88 Å². The number of aryl methyl sites for hydroxylation is 2. The third-order valence-electron chi connectivity index (χ3n) is 5.15. The lowest BCUT2D eigenvalue weighted by molar-refractivity contribution is 0.102. The van der Waals surface area contributed by atoms with Gasteiger partial charge in [-0.05, 0) is 68.4 Å². The van der Waals surface area contributed by atoms with Crippen LogP contribution in [-0.4, -0.2) is 38.6 Å². The second-order valence-electron chi connectivity index (χ2n) is 7.70. The molecule has 0 radical (unpaired) electrons. The molecule has 1 fully saturated rings. The Kier molecular flexibility index (Phi) is 6.71. The first kappa shape index (κ1) is 21.2. The molecule has 0 spiro atoms. The molecule has 0 saturated carbocycles. The van der Waals surface area contributed by atoms with Crippen LogP contribution in [0.1, 0.15) is 53.7 Å². The molecule has 3 heterocycles. The number of piperidine rings is 1. The van der Waals surface area contributed by atoms with Gasteiger partial charge in [0, 0.05) is 36.2 Å². The van der Waals surface area contributed by atoms with Crippen LogP contribution in [0.4, 0.5) is 23.1 Å². The van der Waals surface area contributed by atoms with Crippen molar-refractivity contribution in [2.45, 2.75) is 46.0 Å². The fourth-order valence-corrected chi connectivity index (χ4v) is 4.21. The second-order valence-corrected chi connectivity index (χ2v) is 8.45. The van der Waals surface area contributed by atoms with E-state index in [1.165, 1.54) is 19.3 Å². The van der Waals surface area contributed by atoms with E-state index in [1.54, 1.807) is 0 Å². The van der Waals surface area contributed by atoms with Gasteiger partial charge in [-0.2, -0.15) is 4.98 Å². The summed E-state index contributed by atoms with van der Waals surface area (Å²) in [5.41, 5.74) is 3.31. The van der Waals surface area contributed by atoms with E-state index < -0.39 is 0 Å². The predicted octanol–water partition coefficient (Wildman–Crippen LogP) is 4.58. The lowest BCUT2D eigenvalue weighted by Crippen LogP contribution is -2.31. The summed E-state index contributed by atoms with van der Waals surface area (Å²) < 4.78 is 3.92. The van der Waals surface area contributed by atoms with Crippen LogP contribution in [0.2, 0.25) is 0 Å².